The van der Waals surface area contributed by atoms with Gasteiger partial charge in [-0.05, 0) is 0 Å². The fraction of sp³-hybridized carbons (Fsp3) is 0.923. The Morgan fingerprint density at radius 2 is 1.07 bits per heavy atom. The molecule has 0 heterocycles. The molecule has 0 aromatic rings. The predicted octanol–water partition coefficient (Wildman–Crippen LogP) is 4.03. The van der Waals surface area contributed by atoms with E-state index in [1.54, 1.807) is 6.92 Å². The first-order chi connectivity index (χ1) is 7.18. The second-order valence-corrected chi connectivity index (χ2v) is 3.94. The van der Waals surface area contributed by atoms with Crippen molar-refractivity contribution < 1.29 is 4.79 Å². The Kier molecular flexibility index (Phi) is 17.9. The van der Waals surface area contributed by atoms with Gasteiger partial charge in [-0.25, -0.2) is 0 Å². The Morgan fingerprint density at radius 1 is 0.800 bits per heavy atom. The summed E-state index contributed by atoms with van der Waals surface area (Å²) in [5, 5.41) is 0. The molecule has 0 aromatic carbocycles. The van der Waals surface area contributed by atoms with Crippen LogP contribution in [0.15, 0.2) is 0 Å². The Morgan fingerprint density at radius 3 is 1.27 bits per heavy atom. The molecule has 0 aliphatic rings. The quantitative estimate of drug-likeness (QED) is 0.610. The van der Waals surface area contributed by atoms with Gasteiger partial charge in [-0.2, -0.15) is 0 Å². The lowest BCUT2D eigenvalue weighted by Gasteiger charge is -1.97. The number of unbranched alkanes of at least 4 members (excludes halogenated alkanes) is 7. The van der Waals surface area contributed by atoms with Crippen molar-refractivity contribution in [3.05, 3.63) is 0 Å². The molecule has 2 N–H and O–H groups in total. The molecule has 2 nitrogen and oxygen atoms in total. The zero-order valence-electron chi connectivity index (χ0n) is 10.8. The first-order valence-electron chi connectivity index (χ1n) is 6.47. The van der Waals surface area contributed by atoms with Gasteiger partial charge >= 0.3 is 0 Å². The van der Waals surface area contributed by atoms with Crippen LogP contribution in [0.4, 0.5) is 0 Å². The Labute approximate surface area is 95.6 Å². The fourth-order valence-electron chi connectivity index (χ4n) is 1.21. The van der Waals surface area contributed by atoms with Gasteiger partial charge < -0.3 is 5.73 Å². The molecule has 0 bridgehead atoms. The second-order valence-electron chi connectivity index (χ2n) is 3.94. The van der Waals surface area contributed by atoms with E-state index >= 15 is 0 Å². The fourth-order valence-corrected chi connectivity index (χ4v) is 1.21. The van der Waals surface area contributed by atoms with Crippen LogP contribution in [0.2, 0.25) is 0 Å². The minimum absolute atomic E-state index is 0.245. The Bertz CT molecular complexity index is 116. The lowest BCUT2D eigenvalue weighted by atomic mass is 10.1. The summed E-state index contributed by atoms with van der Waals surface area (Å²) in [5.41, 5.74) is 4.65. The molecule has 2 heteroatoms. The van der Waals surface area contributed by atoms with Crippen LogP contribution in [0.1, 0.15) is 78.6 Å². The standard InChI is InChI=1S/C10H22.C3H7NO/c1-3-5-7-9-10-8-6-4-2;1-2-3(4)5/h3-10H2,1-2H3;2H2,1H3,(H2,4,5). The van der Waals surface area contributed by atoms with Gasteiger partial charge in [-0.3, -0.25) is 4.79 Å². The van der Waals surface area contributed by atoms with Crippen molar-refractivity contribution in [1.29, 1.82) is 0 Å². The van der Waals surface area contributed by atoms with Crippen LogP contribution in [0, 0.1) is 0 Å². The summed E-state index contributed by atoms with van der Waals surface area (Å²) in [7, 11) is 0. The van der Waals surface area contributed by atoms with Crippen molar-refractivity contribution in [2.45, 2.75) is 78.6 Å². The molecule has 0 unspecified atom stereocenters. The third-order valence-electron chi connectivity index (χ3n) is 2.31. The molecular formula is C13H29NO. The third kappa shape index (κ3) is 24.7. The number of amides is 1. The molecule has 1 amide bonds. The number of primary amides is 1. The maximum atomic E-state index is 9.59. The summed E-state index contributed by atoms with van der Waals surface area (Å²) >= 11 is 0. The van der Waals surface area contributed by atoms with Crippen LogP contribution < -0.4 is 5.73 Å². The molecule has 0 aliphatic carbocycles. The summed E-state index contributed by atoms with van der Waals surface area (Å²) in [6.45, 7) is 6.26. The number of rotatable bonds is 8. The van der Waals surface area contributed by atoms with Crippen molar-refractivity contribution >= 4 is 5.91 Å². The van der Waals surface area contributed by atoms with Crippen LogP contribution in [-0.2, 0) is 4.79 Å². The SMILES string of the molecule is CCC(N)=O.CCCCCCCCCC. The molecular weight excluding hydrogens is 186 g/mol. The van der Waals surface area contributed by atoms with E-state index < -0.39 is 0 Å². The van der Waals surface area contributed by atoms with E-state index in [1.807, 2.05) is 0 Å². The van der Waals surface area contributed by atoms with Crippen molar-refractivity contribution in [2.24, 2.45) is 5.73 Å². The zero-order chi connectivity index (χ0) is 11.9. The molecule has 0 spiro atoms. The van der Waals surface area contributed by atoms with E-state index in [0.717, 1.165) is 0 Å². The van der Waals surface area contributed by atoms with Crippen LogP contribution >= 0.6 is 0 Å². The molecule has 0 aromatic heterocycles. The van der Waals surface area contributed by atoms with Gasteiger partial charge in [0.1, 0.15) is 0 Å². The summed E-state index contributed by atoms with van der Waals surface area (Å²) in [6, 6.07) is 0. The van der Waals surface area contributed by atoms with Crippen molar-refractivity contribution in [2.75, 3.05) is 0 Å². The van der Waals surface area contributed by atoms with Gasteiger partial charge in [-0.15, -0.1) is 0 Å². The van der Waals surface area contributed by atoms with E-state index in [1.165, 1.54) is 51.4 Å². The molecule has 15 heavy (non-hydrogen) atoms. The average molecular weight is 215 g/mol. The number of nitrogens with two attached hydrogens (primary N) is 1. The normalized spacial score (nSPS) is 9.27. The second kappa shape index (κ2) is 15.9. The summed E-state index contributed by atoms with van der Waals surface area (Å²) < 4.78 is 0. The average Bonchev–Trinajstić information content (AvgIpc) is 2.24. The molecule has 0 rings (SSSR count). The highest BCUT2D eigenvalue weighted by Crippen LogP contribution is 2.07. The first kappa shape index (κ1) is 16.9. The number of hydrogen-bond donors (Lipinski definition) is 1. The zero-order valence-corrected chi connectivity index (χ0v) is 10.8. The minimum atomic E-state index is -0.245. The molecule has 0 saturated carbocycles. The van der Waals surface area contributed by atoms with Crippen molar-refractivity contribution in [3.8, 4) is 0 Å². The third-order valence-corrected chi connectivity index (χ3v) is 2.31. The van der Waals surface area contributed by atoms with Gasteiger partial charge in [-0.1, -0.05) is 72.1 Å². The van der Waals surface area contributed by atoms with Crippen LogP contribution in [0.5, 0.6) is 0 Å². The number of carbonyl (C=O) groups excluding carboxylic acids is 1. The van der Waals surface area contributed by atoms with Gasteiger partial charge in [0.05, 0.1) is 0 Å². The van der Waals surface area contributed by atoms with E-state index in [4.69, 9.17) is 0 Å². The topological polar surface area (TPSA) is 43.1 Å². The highest BCUT2D eigenvalue weighted by Gasteiger charge is 1.87. The van der Waals surface area contributed by atoms with Gasteiger partial charge in [0.2, 0.25) is 5.91 Å². The van der Waals surface area contributed by atoms with E-state index in [9.17, 15) is 4.79 Å². The van der Waals surface area contributed by atoms with Gasteiger partial charge in [0.15, 0.2) is 0 Å². The molecule has 0 aliphatic heterocycles. The highest BCUT2D eigenvalue weighted by atomic mass is 16.1. The molecule has 0 atom stereocenters. The van der Waals surface area contributed by atoms with Crippen molar-refractivity contribution in [3.63, 3.8) is 0 Å². The maximum Gasteiger partial charge on any atom is 0.217 e. The lowest BCUT2D eigenvalue weighted by Crippen LogP contribution is -2.06. The number of hydrogen-bond acceptors (Lipinski definition) is 1. The van der Waals surface area contributed by atoms with Crippen LogP contribution in [-0.4, -0.2) is 5.91 Å². The highest BCUT2D eigenvalue weighted by molar-refractivity contribution is 5.73. The minimum Gasteiger partial charge on any atom is -0.370 e. The van der Waals surface area contributed by atoms with E-state index in [2.05, 4.69) is 19.6 Å². The van der Waals surface area contributed by atoms with E-state index in [0.29, 0.717) is 6.42 Å². The largest absolute Gasteiger partial charge is 0.370 e. The van der Waals surface area contributed by atoms with Gasteiger partial charge in [0, 0.05) is 6.42 Å². The Hall–Kier alpha value is -0.530. The molecule has 0 saturated heterocycles. The molecule has 0 fully saturated rings. The van der Waals surface area contributed by atoms with Crippen LogP contribution in [0.25, 0.3) is 0 Å². The van der Waals surface area contributed by atoms with Crippen LogP contribution in [0.3, 0.4) is 0 Å². The lowest BCUT2D eigenvalue weighted by molar-refractivity contribution is -0.117. The van der Waals surface area contributed by atoms with Crippen molar-refractivity contribution in [1.82, 2.24) is 0 Å². The maximum absolute atomic E-state index is 9.59. The Balaban J connectivity index is 0. The van der Waals surface area contributed by atoms with E-state index in [-0.39, 0.29) is 5.91 Å². The predicted molar refractivity (Wildman–Crippen MR) is 67.8 cm³/mol. The molecule has 92 valence electrons. The first-order valence-corrected chi connectivity index (χ1v) is 6.47. The summed E-state index contributed by atoms with van der Waals surface area (Å²) in [6.07, 6.45) is 11.9. The summed E-state index contributed by atoms with van der Waals surface area (Å²) in [4.78, 5) is 9.59. The van der Waals surface area contributed by atoms with Gasteiger partial charge in [0.25, 0.3) is 0 Å². The smallest absolute Gasteiger partial charge is 0.217 e. The monoisotopic (exact) mass is 215 g/mol. The molecule has 0 radical (unpaired) electrons. The summed E-state index contributed by atoms with van der Waals surface area (Å²) in [5.74, 6) is -0.245. The number of carbonyl (C=O) groups is 1.